The second kappa shape index (κ2) is 6.95. The van der Waals surface area contributed by atoms with Crippen molar-refractivity contribution in [1.29, 1.82) is 0 Å². The van der Waals surface area contributed by atoms with Crippen LogP contribution >= 0.6 is 11.6 Å². The van der Waals surface area contributed by atoms with Crippen molar-refractivity contribution >= 4 is 17.5 Å². The lowest BCUT2D eigenvalue weighted by molar-refractivity contribution is -0.122. The second-order valence-corrected chi connectivity index (χ2v) is 5.93. The lowest BCUT2D eigenvalue weighted by Gasteiger charge is -2.22. The quantitative estimate of drug-likeness (QED) is 0.864. The van der Waals surface area contributed by atoms with Crippen molar-refractivity contribution in [3.05, 3.63) is 34.9 Å². The molecule has 2 rings (SSSR count). The molecule has 1 fully saturated rings. The van der Waals surface area contributed by atoms with E-state index in [-0.39, 0.29) is 11.9 Å². The van der Waals surface area contributed by atoms with Crippen molar-refractivity contribution in [2.75, 3.05) is 0 Å². The molecule has 1 aliphatic rings. The molecule has 1 N–H and O–H groups in total. The molecule has 1 aliphatic carbocycles. The van der Waals surface area contributed by atoms with Crippen LogP contribution in [0.1, 0.15) is 57.1 Å². The van der Waals surface area contributed by atoms with Gasteiger partial charge in [0.25, 0.3) is 0 Å². The summed E-state index contributed by atoms with van der Waals surface area (Å²) in [6, 6.07) is 7.66. The Morgan fingerprint density at radius 2 is 2.00 bits per heavy atom. The van der Waals surface area contributed by atoms with E-state index in [0.717, 1.165) is 5.56 Å². The molecular weight excluding hydrogens is 258 g/mol. The van der Waals surface area contributed by atoms with E-state index in [2.05, 4.69) is 5.32 Å². The van der Waals surface area contributed by atoms with Gasteiger partial charge in [-0.15, -0.1) is 0 Å². The first-order chi connectivity index (χ1) is 9.16. The molecule has 0 saturated heterocycles. The summed E-state index contributed by atoms with van der Waals surface area (Å²) in [5, 5.41) is 3.78. The van der Waals surface area contributed by atoms with Gasteiger partial charge in [0.05, 0.1) is 6.04 Å². The topological polar surface area (TPSA) is 29.1 Å². The molecule has 1 aromatic rings. The van der Waals surface area contributed by atoms with E-state index >= 15 is 0 Å². The van der Waals surface area contributed by atoms with Gasteiger partial charge in [-0.05, 0) is 37.3 Å². The molecule has 104 valence electrons. The predicted octanol–water partition coefficient (Wildman–Crippen LogP) is 4.49. The fraction of sp³-hybridized carbons (Fsp3) is 0.562. The number of carbonyl (C=O) groups is 1. The largest absolute Gasteiger partial charge is 0.350 e. The number of carbonyl (C=O) groups excluding carboxylic acids is 1. The zero-order valence-corrected chi connectivity index (χ0v) is 12.2. The molecule has 0 aromatic heterocycles. The SMILES string of the molecule is CC(NC(=O)CC1CCCCC1)c1ccccc1Cl. The molecule has 1 unspecified atom stereocenters. The molecule has 0 bridgehead atoms. The molecular formula is C16H22ClNO. The second-order valence-electron chi connectivity index (χ2n) is 5.52. The van der Waals surface area contributed by atoms with Gasteiger partial charge in [-0.1, -0.05) is 49.1 Å². The third kappa shape index (κ3) is 4.24. The number of benzene rings is 1. The monoisotopic (exact) mass is 279 g/mol. The normalized spacial score (nSPS) is 18.0. The Labute approximate surface area is 120 Å². The molecule has 2 nitrogen and oxygen atoms in total. The first-order valence-corrected chi connectivity index (χ1v) is 7.58. The van der Waals surface area contributed by atoms with Gasteiger partial charge in [0.2, 0.25) is 5.91 Å². The third-order valence-corrected chi connectivity index (χ3v) is 4.29. The van der Waals surface area contributed by atoms with Crippen LogP contribution in [0.25, 0.3) is 0 Å². The van der Waals surface area contributed by atoms with Crippen molar-refractivity contribution in [2.45, 2.75) is 51.5 Å². The highest BCUT2D eigenvalue weighted by Gasteiger charge is 2.18. The van der Waals surface area contributed by atoms with Crippen molar-refractivity contribution in [3.8, 4) is 0 Å². The highest BCUT2D eigenvalue weighted by molar-refractivity contribution is 6.31. The Hall–Kier alpha value is -1.02. The van der Waals surface area contributed by atoms with Gasteiger partial charge < -0.3 is 5.32 Å². The molecule has 0 heterocycles. The Kier molecular flexibility index (Phi) is 5.26. The molecule has 0 spiro atoms. The minimum absolute atomic E-state index is 0.0233. The van der Waals surface area contributed by atoms with Gasteiger partial charge in [0.15, 0.2) is 0 Å². The maximum Gasteiger partial charge on any atom is 0.220 e. The maximum absolute atomic E-state index is 12.1. The summed E-state index contributed by atoms with van der Waals surface area (Å²) in [4.78, 5) is 12.1. The minimum atomic E-state index is -0.0233. The number of hydrogen-bond donors (Lipinski definition) is 1. The van der Waals surface area contributed by atoms with Crippen LogP contribution in [0.2, 0.25) is 5.02 Å². The number of nitrogens with one attached hydrogen (secondary N) is 1. The number of amides is 1. The first kappa shape index (κ1) is 14.4. The van der Waals surface area contributed by atoms with E-state index in [1.165, 1.54) is 32.1 Å². The Morgan fingerprint density at radius 3 is 2.68 bits per heavy atom. The molecule has 0 radical (unpaired) electrons. The van der Waals surface area contributed by atoms with Crippen LogP contribution in [0.15, 0.2) is 24.3 Å². The highest BCUT2D eigenvalue weighted by Crippen LogP contribution is 2.27. The average molecular weight is 280 g/mol. The van der Waals surface area contributed by atoms with E-state index in [9.17, 15) is 4.79 Å². The Bertz CT molecular complexity index is 427. The summed E-state index contributed by atoms with van der Waals surface area (Å²) in [6.07, 6.45) is 6.95. The predicted molar refractivity (Wildman–Crippen MR) is 79.2 cm³/mol. The highest BCUT2D eigenvalue weighted by atomic mass is 35.5. The van der Waals surface area contributed by atoms with Gasteiger partial charge in [0.1, 0.15) is 0 Å². The molecule has 1 saturated carbocycles. The van der Waals surface area contributed by atoms with Crippen molar-refractivity contribution in [2.24, 2.45) is 5.92 Å². The van der Waals surface area contributed by atoms with E-state index in [1.54, 1.807) is 0 Å². The van der Waals surface area contributed by atoms with Gasteiger partial charge in [-0.2, -0.15) is 0 Å². The molecule has 3 heteroatoms. The molecule has 19 heavy (non-hydrogen) atoms. The number of rotatable bonds is 4. The zero-order chi connectivity index (χ0) is 13.7. The smallest absolute Gasteiger partial charge is 0.220 e. The van der Waals surface area contributed by atoms with E-state index < -0.39 is 0 Å². The fourth-order valence-corrected chi connectivity index (χ4v) is 3.16. The fourth-order valence-electron chi connectivity index (χ4n) is 2.86. The third-order valence-electron chi connectivity index (χ3n) is 3.95. The van der Waals surface area contributed by atoms with Gasteiger partial charge in [0, 0.05) is 11.4 Å². The number of hydrogen-bond acceptors (Lipinski definition) is 1. The van der Waals surface area contributed by atoms with Crippen molar-refractivity contribution in [1.82, 2.24) is 5.32 Å². The van der Waals surface area contributed by atoms with Crippen molar-refractivity contribution in [3.63, 3.8) is 0 Å². The standard InChI is InChI=1S/C16H22ClNO/c1-12(14-9-5-6-10-15(14)17)18-16(19)11-13-7-3-2-4-8-13/h5-6,9-10,12-13H,2-4,7-8,11H2,1H3,(H,18,19). The molecule has 1 amide bonds. The van der Waals surface area contributed by atoms with Crippen LogP contribution in [-0.4, -0.2) is 5.91 Å². The van der Waals surface area contributed by atoms with Crippen molar-refractivity contribution < 1.29 is 4.79 Å². The van der Waals surface area contributed by atoms with Crippen LogP contribution in [0.5, 0.6) is 0 Å². The Balaban J connectivity index is 1.86. The first-order valence-electron chi connectivity index (χ1n) is 7.20. The lowest BCUT2D eigenvalue weighted by atomic mass is 9.87. The summed E-state index contributed by atoms with van der Waals surface area (Å²) >= 11 is 6.14. The minimum Gasteiger partial charge on any atom is -0.350 e. The molecule has 1 atom stereocenters. The maximum atomic E-state index is 12.1. The van der Waals surface area contributed by atoms with Gasteiger partial charge in [-0.3, -0.25) is 4.79 Å². The summed E-state index contributed by atoms with van der Waals surface area (Å²) in [5.41, 5.74) is 0.987. The van der Waals surface area contributed by atoms with Crippen LogP contribution in [-0.2, 0) is 4.79 Å². The summed E-state index contributed by atoms with van der Waals surface area (Å²) in [7, 11) is 0. The molecule has 1 aromatic carbocycles. The van der Waals surface area contributed by atoms with Crippen LogP contribution in [0, 0.1) is 5.92 Å². The van der Waals surface area contributed by atoms with Crippen LogP contribution in [0.3, 0.4) is 0 Å². The van der Waals surface area contributed by atoms with E-state index in [1.807, 2.05) is 31.2 Å². The van der Waals surface area contributed by atoms with Gasteiger partial charge >= 0.3 is 0 Å². The van der Waals surface area contributed by atoms with Gasteiger partial charge in [-0.25, -0.2) is 0 Å². The summed E-state index contributed by atoms with van der Waals surface area (Å²) < 4.78 is 0. The van der Waals surface area contributed by atoms with E-state index in [0.29, 0.717) is 17.4 Å². The van der Waals surface area contributed by atoms with E-state index in [4.69, 9.17) is 11.6 Å². The summed E-state index contributed by atoms with van der Waals surface area (Å²) in [6.45, 7) is 1.99. The summed E-state index contributed by atoms with van der Waals surface area (Å²) in [5.74, 6) is 0.728. The lowest BCUT2D eigenvalue weighted by Crippen LogP contribution is -2.29. The zero-order valence-electron chi connectivity index (χ0n) is 11.5. The molecule has 0 aliphatic heterocycles. The average Bonchev–Trinajstić information content (AvgIpc) is 2.40. The number of halogens is 1. The van der Waals surface area contributed by atoms with Crippen LogP contribution in [0.4, 0.5) is 0 Å². The Morgan fingerprint density at radius 1 is 1.32 bits per heavy atom. The van der Waals surface area contributed by atoms with Crippen LogP contribution < -0.4 is 5.32 Å².